The molecule has 0 aliphatic carbocycles. The SMILES string of the molecule is COc1ccc(C2(C(C)C(=O)O)COC2)cc1OC. The first-order valence-electron chi connectivity index (χ1n) is 6.08. The third kappa shape index (κ3) is 2.14. The Morgan fingerprint density at radius 2 is 1.95 bits per heavy atom. The van der Waals surface area contributed by atoms with E-state index in [0.29, 0.717) is 24.7 Å². The van der Waals surface area contributed by atoms with E-state index in [0.717, 1.165) is 5.56 Å². The molecule has 19 heavy (non-hydrogen) atoms. The van der Waals surface area contributed by atoms with Crippen LogP contribution in [0.3, 0.4) is 0 Å². The zero-order valence-corrected chi connectivity index (χ0v) is 11.3. The van der Waals surface area contributed by atoms with Crippen LogP contribution in [0.25, 0.3) is 0 Å². The van der Waals surface area contributed by atoms with Gasteiger partial charge < -0.3 is 19.3 Å². The van der Waals surface area contributed by atoms with E-state index in [4.69, 9.17) is 14.2 Å². The normalized spacial score (nSPS) is 18.3. The van der Waals surface area contributed by atoms with Crippen molar-refractivity contribution < 1.29 is 24.1 Å². The Kier molecular flexibility index (Phi) is 3.66. The van der Waals surface area contributed by atoms with Gasteiger partial charge in [0, 0.05) is 0 Å². The molecule has 0 amide bonds. The van der Waals surface area contributed by atoms with E-state index in [1.165, 1.54) is 0 Å². The molecule has 1 aliphatic rings. The summed E-state index contributed by atoms with van der Waals surface area (Å²) in [5.41, 5.74) is 0.428. The summed E-state index contributed by atoms with van der Waals surface area (Å²) >= 11 is 0. The predicted octanol–water partition coefficient (Wildman–Crippen LogP) is 1.69. The molecule has 1 aliphatic heterocycles. The highest BCUT2D eigenvalue weighted by atomic mass is 16.5. The highest BCUT2D eigenvalue weighted by Gasteiger charge is 2.48. The highest BCUT2D eigenvalue weighted by molar-refractivity contribution is 5.72. The Bertz CT molecular complexity index is 479. The topological polar surface area (TPSA) is 65.0 Å². The van der Waals surface area contributed by atoms with E-state index < -0.39 is 17.3 Å². The number of rotatable bonds is 5. The van der Waals surface area contributed by atoms with Gasteiger partial charge in [0.1, 0.15) is 0 Å². The number of ether oxygens (including phenoxy) is 3. The quantitative estimate of drug-likeness (QED) is 0.878. The molecule has 1 saturated heterocycles. The molecule has 0 spiro atoms. The molecule has 0 bridgehead atoms. The van der Waals surface area contributed by atoms with Crippen molar-refractivity contribution in [2.24, 2.45) is 5.92 Å². The average Bonchev–Trinajstić information content (AvgIpc) is 2.36. The van der Waals surface area contributed by atoms with Crippen molar-refractivity contribution in [1.29, 1.82) is 0 Å². The second-order valence-corrected chi connectivity index (χ2v) is 4.78. The van der Waals surface area contributed by atoms with Gasteiger partial charge in [-0.15, -0.1) is 0 Å². The van der Waals surface area contributed by atoms with Crippen LogP contribution in [0, 0.1) is 5.92 Å². The average molecular weight is 266 g/mol. The summed E-state index contributed by atoms with van der Waals surface area (Å²) in [6.07, 6.45) is 0. The van der Waals surface area contributed by atoms with E-state index in [1.54, 1.807) is 27.2 Å². The zero-order chi connectivity index (χ0) is 14.0. The number of hydrogen-bond acceptors (Lipinski definition) is 4. The van der Waals surface area contributed by atoms with Gasteiger partial charge in [0.15, 0.2) is 11.5 Å². The summed E-state index contributed by atoms with van der Waals surface area (Å²) in [6.45, 7) is 2.54. The molecule has 1 heterocycles. The molecule has 0 radical (unpaired) electrons. The van der Waals surface area contributed by atoms with Gasteiger partial charge in [-0.3, -0.25) is 4.79 Å². The highest BCUT2D eigenvalue weighted by Crippen LogP contribution is 2.42. The Morgan fingerprint density at radius 3 is 2.37 bits per heavy atom. The largest absolute Gasteiger partial charge is 0.493 e. The summed E-state index contributed by atoms with van der Waals surface area (Å²) in [5, 5.41) is 9.26. The van der Waals surface area contributed by atoms with E-state index in [9.17, 15) is 9.90 Å². The molecule has 1 atom stereocenters. The third-order valence-corrected chi connectivity index (χ3v) is 3.88. The first-order chi connectivity index (χ1) is 9.05. The summed E-state index contributed by atoms with van der Waals surface area (Å²) in [7, 11) is 3.13. The van der Waals surface area contributed by atoms with Gasteiger partial charge in [-0.05, 0) is 17.7 Å². The van der Waals surface area contributed by atoms with E-state index >= 15 is 0 Å². The smallest absolute Gasteiger partial charge is 0.307 e. The fraction of sp³-hybridized carbons (Fsp3) is 0.500. The molecule has 1 aromatic rings. The molecule has 0 aromatic heterocycles. The van der Waals surface area contributed by atoms with Crippen LogP contribution in [0.15, 0.2) is 18.2 Å². The second kappa shape index (κ2) is 5.09. The minimum absolute atomic E-state index is 0.413. The summed E-state index contributed by atoms with van der Waals surface area (Å²) < 4.78 is 15.7. The first-order valence-corrected chi connectivity index (χ1v) is 6.08. The van der Waals surface area contributed by atoms with Crippen LogP contribution in [0.4, 0.5) is 0 Å². The van der Waals surface area contributed by atoms with Crippen molar-refractivity contribution in [3.8, 4) is 11.5 Å². The van der Waals surface area contributed by atoms with E-state index in [-0.39, 0.29) is 0 Å². The van der Waals surface area contributed by atoms with Crippen LogP contribution >= 0.6 is 0 Å². The van der Waals surface area contributed by atoms with Gasteiger partial charge in [-0.25, -0.2) is 0 Å². The summed E-state index contributed by atoms with van der Waals surface area (Å²) in [6, 6.07) is 5.51. The van der Waals surface area contributed by atoms with Crippen LogP contribution in [0.1, 0.15) is 12.5 Å². The van der Waals surface area contributed by atoms with Crippen molar-refractivity contribution in [2.75, 3.05) is 27.4 Å². The molecular weight excluding hydrogens is 248 g/mol. The van der Waals surface area contributed by atoms with Gasteiger partial charge in [0.25, 0.3) is 0 Å². The summed E-state index contributed by atoms with van der Waals surface area (Å²) in [5.74, 6) is -0.106. The maximum Gasteiger partial charge on any atom is 0.307 e. The van der Waals surface area contributed by atoms with Crippen LogP contribution < -0.4 is 9.47 Å². The molecule has 0 saturated carbocycles. The fourth-order valence-corrected chi connectivity index (χ4v) is 2.37. The Hall–Kier alpha value is -1.75. The van der Waals surface area contributed by atoms with Gasteiger partial charge in [0.05, 0.1) is 38.8 Å². The lowest BCUT2D eigenvalue weighted by molar-refractivity contribution is -0.155. The van der Waals surface area contributed by atoms with Crippen LogP contribution in [-0.4, -0.2) is 38.5 Å². The molecule has 1 aromatic carbocycles. The molecule has 1 unspecified atom stereocenters. The molecular formula is C14H18O5. The number of benzene rings is 1. The minimum atomic E-state index is -0.821. The van der Waals surface area contributed by atoms with Crippen molar-refractivity contribution >= 4 is 5.97 Å². The Morgan fingerprint density at radius 1 is 1.32 bits per heavy atom. The maximum absolute atomic E-state index is 11.3. The summed E-state index contributed by atoms with van der Waals surface area (Å²) in [4.78, 5) is 11.3. The maximum atomic E-state index is 11.3. The molecule has 1 N–H and O–H groups in total. The number of carbonyl (C=O) groups is 1. The molecule has 5 heteroatoms. The second-order valence-electron chi connectivity index (χ2n) is 4.78. The third-order valence-electron chi connectivity index (χ3n) is 3.88. The van der Waals surface area contributed by atoms with Crippen molar-refractivity contribution in [2.45, 2.75) is 12.3 Å². The predicted molar refractivity (Wildman–Crippen MR) is 68.8 cm³/mol. The van der Waals surface area contributed by atoms with Gasteiger partial charge >= 0.3 is 5.97 Å². The van der Waals surface area contributed by atoms with Gasteiger partial charge in [-0.2, -0.15) is 0 Å². The van der Waals surface area contributed by atoms with Crippen molar-refractivity contribution in [1.82, 2.24) is 0 Å². The molecule has 2 rings (SSSR count). The number of methoxy groups -OCH3 is 2. The van der Waals surface area contributed by atoms with Crippen molar-refractivity contribution in [3.05, 3.63) is 23.8 Å². The van der Waals surface area contributed by atoms with Gasteiger partial charge in [-0.1, -0.05) is 13.0 Å². The zero-order valence-electron chi connectivity index (χ0n) is 11.3. The number of carboxylic acids is 1. The number of hydrogen-bond donors (Lipinski definition) is 1. The fourth-order valence-electron chi connectivity index (χ4n) is 2.37. The Labute approximate surface area is 112 Å². The molecule has 1 fully saturated rings. The van der Waals surface area contributed by atoms with Crippen LogP contribution in [0.2, 0.25) is 0 Å². The number of aliphatic carboxylic acids is 1. The minimum Gasteiger partial charge on any atom is -0.493 e. The van der Waals surface area contributed by atoms with Crippen molar-refractivity contribution in [3.63, 3.8) is 0 Å². The first kappa shape index (κ1) is 13.7. The lowest BCUT2D eigenvalue weighted by Crippen LogP contribution is -2.53. The number of carboxylic acid groups (broad SMARTS) is 1. The lowest BCUT2D eigenvalue weighted by atomic mass is 9.69. The van der Waals surface area contributed by atoms with Crippen LogP contribution in [-0.2, 0) is 14.9 Å². The standard InChI is InChI=1S/C14H18O5/c1-9(13(15)16)14(7-19-8-14)10-4-5-11(17-2)12(6-10)18-3/h4-6,9H,7-8H2,1-3H3,(H,15,16). The van der Waals surface area contributed by atoms with E-state index in [1.807, 2.05) is 12.1 Å². The van der Waals surface area contributed by atoms with Crippen LogP contribution in [0.5, 0.6) is 11.5 Å². The molecule has 5 nitrogen and oxygen atoms in total. The van der Waals surface area contributed by atoms with Gasteiger partial charge in [0.2, 0.25) is 0 Å². The monoisotopic (exact) mass is 266 g/mol. The lowest BCUT2D eigenvalue weighted by Gasteiger charge is -2.44. The Balaban J connectivity index is 2.42. The van der Waals surface area contributed by atoms with E-state index in [2.05, 4.69) is 0 Å². The molecule has 104 valence electrons.